The molecule has 10 saturated carbocycles. The van der Waals surface area contributed by atoms with Gasteiger partial charge in [-0.15, -0.1) is 0 Å². The van der Waals surface area contributed by atoms with Crippen LogP contribution in [-0.2, 0) is 0 Å². The highest BCUT2D eigenvalue weighted by molar-refractivity contribution is 5.04. The van der Waals surface area contributed by atoms with Gasteiger partial charge in [0.15, 0.2) is 0 Å². The summed E-state index contributed by atoms with van der Waals surface area (Å²) in [7, 11) is 0. The highest BCUT2D eigenvalue weighted by Crippen LogP contribution is 2.46. The molecule has 0 saturated heterocycles. The maximum Gasteiger partial charge on any atom is 0.0102 e. The van der Waals surface area contributed by atoms with Gasteiger partial charge in [0.05, 0.1) is 0 Å². The van der Waals surface area contributed by atoms with E-state index in [2.05, 4.69) is 58.4 Å². The lowest BCUT2D eigenvalue weighted by molar-refractivity contribution is -0.00738. The molecule has 10 aliphatic rings. The van der Waals surface area contributed by atoms with E-state index in [0.717, 1.165) is 95.4 Å². The Morgan fingerprint density at radius 1 is 0.157 bits per heavy atom. The molecule has 0 spiro atoms. The summed E-state index contributed by atoms with van der Waals surface area (Å²) in [6.07, 6.45) is 86.5. The molecule has 0 radical (unpaired) electrons. The standard InChI is InChI=1S/C68H112N2/c1-5-13-53(14-6-1)21-23-55-25-29-57(30-26-55)33-35-59-37-45-65(46-38-59)69(63-17-9-3-10-18-63)67-49-41-61(42-50-67)62-43-51-68(52-44-62)70(64-19-11-4-12-20-64)66-47-39-60(40-48-66)36-34-58-31-27-56(28-32-58)24-22-54-15-7-2-8-16-54/h21-24,33-36,53-68H,1-20,25-32,37-52H2/b23-21+,24-22+,35-33+,36-34+. The number of nitrogens with zero attached hydrogens (tertiary/aromatic N) is 2. The van der Waals surface area contributed by atoms with Crippen LogP contribution >= 0.6 is 0 Å². The van der Waals surface area contributed by atoms with Crippen molar-refractivity contribution in [1.82, 2.24) is 9.80 Å². The quantitative estimate of drug-likeness (QED) is 0.151. The third-order valence-corrected chi connectivity index (χ3v) is 22.9. The maximum atomic E-state index is 3.27. The van der Waals surface area contributed by atoms with Crippen LogP contribution in [0, 0.1) is 59.2 Å². The summed E-state index contributed by atoms with van der Waals surface area (Å²) in [6.45, 7) is 0. The second-order valence-corrected chi connectivity index (χ2v) is 27.4. The molecule has 0 aromatic rings. The molecule has 10 fully saturated rings. The van der Waals surface area contributed by atoms with E-state index in [9.17, 15) is 0 Å². The number of allylic oxidation sites excluding steroid dienone is 8. The average Bonchev–Trinajstić information content (AvgIpc) is 3.44. The lowest BCUT2D eigenvalue weighted by atomic mass is 9.70. The molecule has 0 bridgehead atoms. The SMILES string of the molecule is C(=C\C1CCC(/C=C/C2CCC(N(C3CCCCC3)C3CCC(C4CCC(N(C5CCCCC5)C5CCC(/C=C/C6CCC(/C=C/C7CCCCC7)CC6)CC5)CC4)CC3)CC2)CC1)/C1CCCCC1. The van der Waals surface area contributed by atoms with E-state index in [-0.39, 0.29) is 0 Å². The second-order valence-electron chi connectivity index (χ2n) is 27.4. The first-order chi connectivity index (χ1) is 34.7. The molecule has 10 rings (SSSR count). The monoisotopic (exact) mass is 957 g/mol. The first-order valence-corrected chi connectivity index (χ1v) is 32.9. The number of hydrogen-bond donors (Lipinski definition) is 0. The van der Waals surface area contributed by atoms with Gasteiger partial charge in [0.1, 0.15) is 0 Å². The van der Waals surface area contributed by atoms with Gasteiger partial charge in [-0.2, -0.15) is 0 Å². The number of rotatable bonds is 15. The van der Waals surface area contributed by atoms with Gasteiger partial charge in [-0.3, -0.25) is 9.80 Å². The Morgan fingerprint density at radius 3 is 0.571 bits per heavy atom. The Bertz CT molecular complexity index is 1430. The predicted molar refractivity (Wildman–Crippen MR) is 301 cm³/mol. The minimum atomic E-state index is 0.850. The number of hydrogen-bond acceptors (Lipinski definition) is 2. The molecule has 2 heteroatoms. The Hall–Kier alpha value is -1.12. The summed E-state index contributed by atoms with van der Waals surface area (Å²) in [4.78, 5) is 6.53. The lowest BCUT2D eigenvalue weighted by Crippen LogP contribution is -2.53. The Balaban J connectivity index is 0.654. The van der Waals surface area contributed by atoms with Gasteiger partial charge >= 0.3 is 0 Å². The van der Waals surface area contributed by atoms with Crippen molar-refractivity contribution >= 4 is 0 Å². The maximum absolute atomic E-state index is 3.27. The zero-order chi connectivity index (χ0) is 47.2. The molecular weight excluding hydrogens is 845 g/mol. The average molecular weight is 958 g/mol. The van der Waals surface area contributed by atoms with Gasteiger partial charge in [-0.25, -0.2) is 0 Å². The molecule has 0 unspecified atom stereocenters. The van der Waals surface area contributed by atoms with Crippen LogP contribution in [0.5, 0.6) is 0 Å². The van der Waals surface area contributed by atoms with Crippen molar-refractivity contribution < 1.29 is 0 Å². The normalized spacial score (nSPS) is 39.3. The molecule has 0 amide bonds. The molecule has 0 atom stereocenters. The van der Waals surface area contributed by atoms with Crippen molar-refractivity contribution in [3.05, 3.63) is 48.6 Å². The predicted octanol–water partition coefficient (Wildman–Crippen LogP) is 19.5. The summed E-state index contributed by atoms with van der Waals surface area (Å²) in [5.74, 6) is 8.98. The highest BCUT2D eigenvalue weighted by Gasteiger charge is 2.41. The second kappa shape index (κ2) is 27.6. The van der Waals surface area contributed by atoms with Crippen molar-refractivity contribution in [3.63, 3.8) is 0 Å². The van der Waals surface area contributed by atoms with Crippen LogP contribution in [0.4, 0.5) is 0 Å². The van der Waals surface area contributed by atoms with Crippen LogP contribution < -0.4 is 0 Å². The lowest BCUT2D eigenvalue weighted by Gasteiger charge is -2.51. The van der Waals surface area contributed by atoms with Gasteiger partial charge in [0.25, 0.3) is 0 Å². The van der Waals surface area contributed by atoms with E-state index >= 15 is 0 Å². The molecule has 394 valence electrons. The van der Waals surface area contributed by atoms with Gasteiger partial charge in [0, 0.05) is 36.3 Å². The first kappa shape index (κ1) is 52.3. The molecule has 0 aromatic heterocycles. The third kappa shape index (κ3) is 15.0. The van der Waals surface area contributed by atoms with Crippen LogP contribution in [0.25, 0.3) is 0 Å². The topological polar surface area (TPSA) is 6.48 Å². The van der Waals surface area contributed by atoms with E-state index < -0.39 is 0 Å². The van der Waals surface area contributed by atoms with Crippen LogP contribution in [0.1, 0.15) is 283 Å². The third-order valence-electron chi connectivity index (χ3n) is 22.9. The summed E-state index contributed by atoms with van der Waals surface area (Å²) in [6, 6.07) is 5.30. The van der Waals surface area contributed by atoms with Gasteiger partial charge in [-0.1, -0.05) is 126 Å². The van der Waals surface area contributed by atoms with Crippen molar-refractivity contribution in [2.45, 2.75) is 319 Å². The van der Waals surface area contributed by atoms with Crippen molar-refractivity contribution in [2.24, 2.45) is 59.2 Å². The molecule has 0 heterocycles. The fraction of sp³-hybridized carbons (Fsp3) is 0.882. The van der Waals surface area contributed by atoms with Gasteiger partial charge in [-0.05, 0) is 265 Å². The minimum absolute atomic E-state index is 0.850. The summed E-state index contributed by atoms with van der Waals surface area (Å²) >= 11 is 0. The summed E-state index contributed by atoms with van der Waals surface area (Å²) in [5, 5.41) is 0. The molecule has 10 aliphatic carbocycles. The van der Waals surface area contributed by atoms with E-state index in [1.54, 1.807) is 25.7 Å². The van der Waals surface area contributed by atoms with E-state index in [4.69, 9.17) is 0 Å². The molecule has 70 heavy (non-hydrogen) atoms. The van der Waals surface area contributed by atoms with Crippen LogP contribution in [0.3, 0.4) is 0 Å². The largest absolute Gasteiger partial charge is 0.294 e. The zero-order valence-corrected chi connectivity index (χ0v) is 45.9. The molecular formula is C68H112N2. The molecule has 0 aromatic carbocycles. The first-order valence-electron chi connectivity index (χ1n) is 32.9. The summed E-state index contributed by atoms with van der Waals surface area (Å²) in [5.41, 5.74) is 0. The Labute approximate surface area is 434 Å². The fourth-order valence-corrected chi connectivity index (χ4v) is 18.4. The Morgan fingerprint density at radius 2 is 0.329 bits per heavy atom. The van der Waals surface area contributed by atoms with E-state index in [1.165, 1.54) is 257 Å². The van der Waals surface area contributed by atoms with Crippen molar-refractivity contribution in [3.8, 4) is 0 Å². The van der Waals surface area contributed by atoms with Gasteiger partial charge in [0.2, 0.25) is 0 Å². The van der Waals surface area contributed by atoms with E-state index in [0.29, 0.717) is 0 Å². The highest BCUT2D eigenvalue weighted by atomic mass is 15.2. The van der Waals surface area contributed by atoms with Crippen LogP contribution in [-0.4, -0.2) is 46.1 Å². The van der Waals surface area contributed by atoms with Crippen LogP contribution in [0.15, 0.2) is 48.6 Å². The van der Waals surface area contributed by atoms with Crippen molar-refractivity contribution in [2.75, 3.05) is 0 Å². The molecule has 0 aliphatic heterocycles. The molecule has 2 nitrogen and oxygen atoms in total. The smallest absolute Gasteiger partial charge is 0.0102 e. The Kier molecular flexibility index (Phi) is 20.6. The minimum Gasteiger partial charge on any atom is -0.294 e. The van der Waals surface area contributed by atoms with Gasteiger partial charge < -0.3 is 0 Å². The zero-order valence-electron chi connectivity index (χ0n) is 45.9. The van der Waals surface area contributed by atoms with Crippen molar-refractivity contribution in [1.29, 1.82) is 0 Å². The van der Waals surface area contributed by atoms with Crippen LogP contribution in [0.2, 0.25) is 0 Å². The fourth-order valence-electron chi connectivity index (χ4n) is 18.4. The molecule has 0 N–H and O–H groups in total. The summed E-state index contributed by atoms with van der Waals surface area (Å²) < 4.78 is 0. The van der Waals surface area contributed by atoms with E-state index in [1.807, 2.05) is 0 Å².